The van der Waals surface area contributed by atoms with Gasteiger partial charge in [-0.1, -0.05) is 110 Å². The Balaban J connectivity index is 1.43. The number of benzene rings is 5. The van der Waals surface area contributed by atoms with Crippen LogP contribution in [0.2, 0.25) is 0 Å². The molecule has 0 aliphatic carbocycles. The van der Waals surface area contributed by atoms with E-state index in [9.17, 15) is 0 Å². The van der Waals surface area contributed by atoms with Crippen LogP contribution in [-0.2, 0) is 0 Å². The first-order chi connectivity index (χ1) is 19.8. The highest BCUT2D eigenvalue weighted by atomic mass is 15.0. The average Bonchev–Trinajstić information content (AvgIpc) is 3.60. The van der Waals surface area contributed by atoms with Gasteiger partial charge in [0, 0.05) is 45.5 Å². The first kappa shape index (κ1) is 23.7. The topological polar surface area (TPSA) is 22.2 Å². The number of nitrogens with zero attached hydrogens (tertiary/aromatic N) is 3. The number of fused-ring (bicyclic) bond motifs is 5. The lowest BCUT2D eigenvalue weighted by Gasteiger charge is -2.10. The second-order valence-corrected chi connectivity index (χ2v) is 9.83. The standard InChI is InChI=1S/C37H27N3/c1-27(25-33(29-15-7-3-8-16-29)38-26-28-13-5-2-6-14-28)39-24-23-30-21-22-35-36(37(30)39)32-19-11-12-20-34(32)40(35)31-17-9-4-10-18-31/h2-26H,1H2. The summed E-state index contributed by atoms with van der Waals surface area (Å²) in [5.74, 6) is 0. The highest BCUT2D eigenvalue weighted by Crippen LogP contribution is 2.38. The lowest BCUT2D eigenvalue weighted by Crippen LogP contribution is -1.95. The lowest BCUT2D eigenvalue weighted by atomic mass is 10.1. The van der Waals surface area contributed by atoms with Gasteiger partial charge in [-0.3, -0.25) is 4.99 Å². The smallest absolute Gasteiger partial charge is 0.0722 e. The summed E-state index contributed by atoms with van der Waals surface area (Å²) in [7, 11) is 0. The van der Waals surface area contributed by atoms with Crippen molar-refractivity contribution in [2.75, 3.05) is 0 Å². The Kier molecular flexibility index (Phi) is 5.95. The Hall–Kier alpha value is -5.41. The van der Waals surface area contributed by atoms with Crippen LogP contribution in [0.15, 0.2) is 157 Å². The second kappa shape index (κ2) is 10.0. The Morgan fingerprint density at radius 2 is 1.32 bits per heavy atom. The highest BCUT2D eigenvalue weighted by Gasteiger charge is 2.17. The molecular weight excluding hydrogens is 486 g/mol. The van der Waals surface area contributed by atoms with Crippen LogP contribution in [0.5, 0.6) is 0 Å². The summed E-state index contributed by atoms with van der Waals surface area (Å²) < 4.78 is 4.54. The molecule has 3 nitrogen and oxygen atoms in total. The summed E-state index contributed by atoms with van der Waals surface area (Å²) >= 11 is 0. The summed E-state index contributed by atoms with van der Waals surface area (Å²) in [5.41, 5.74) is 8.44. The van der Waals surface area contributed by atoms with Gasteiger partial charge in [0.2, 0.25) is 0 Å². The second-order valence-electron chi connectivity index (χ2n) is 9.83. The average molecular weight is 514 g/mol. The molecule has 0 spiro atoms. The molecule has 0 amide bonds. The minimum atomic E-state index is 0.850. The van der Waals surface area contributed by atoms with Gasteiger partial charge in [-0.05, 0) is 42.0 Å². The summed E-state index contributed by atoms with van der Waals surface area (Å²) in [6, 6.07) is 46.2. The predicted octanol–water partition coefficient (Wildman–Crippen LogP) is 9.37. The van der Waals surface area contributed by atoms with Crippen LogP contribution < -0.4 is 0 Å². The van der Waals surface area contributed by atoms with Gasteiger partial charge in [-0.15, -0.1) is 0 Å². The molecule has 2 aromatic heterocycles. The zero-order valence-corrected chi connectivity index (χ0v) is 22.0. The molecule has 0 aliphatic rings. The van der Waals surface area contributed by atoms with Crippen LogP contribution >= 0.6 is 0 Å². The van der Waals surface area contributed by atoms with Gasteiger partial charge >= 0.3 is 0 Å². The van der Waals surface area contributed by atoms with Gasteiger partial charge in [0.25, 0.3) is 0 Å². The normalized spacial score (nSPS) is 12.2. The van der Waals surface area contributed by atoms with Gasteiger partial charge in [-0.25, -0.2) is 0 Å². The van der Waals surface area contributed by atoms with Crippen LogP contribution in [0.3, 0.4) is 0 Å². The number of allylic oxidation sites excluding steroid dienone is 2. The largest absolute Gasteiger partial charge is 0.316 e. The maximum atomic E-state index is 4.91. The fourth-order valence-electron chi connectivity index (χ4n) is 5.49. The van der Waals surface area contributed by atoms with Crippen LogP contribution in [0.4, 0.5) is 0 Å². The predicted molar refractivity (Wildman–Crippen MR) is 170 cm³/mol. The number of hydrogen-bond acceptors (Lipinski definition) is 1. The first-order valence-corrected chi connectivity index (χ1v) is 13.4. The Bertz CT molecular complexity index is 2040. The van der Waals surface area contributed by atoms with Crippen molar-refractivity contribution < 1.29 is 0 Å². The third-order valence-corrected chi connectivity index (χ3v) is 7.34. The monoisotopic (exact) mass is 513 g/mol. The highest BCUT2D eigenvalue weighted by molar-refractivity contribution is 6.21. The van der Waals surface area contributed by atoms with Crippen molar-refractivity contribution in [3.63, 3.8) is 0 Å². The fraction of sp³-hybridized carbons (Fsp3) is 0. The van der Waals surface area contributed by atoms with E-state index in [1.165, 1.54) is 27.2 Å². The van der Waals surface area contributed by atoms with Crippen LogP contribution in [0.25, 0.3) is 49.8 Å². The third-order valence-electron chi connectivity index (χ3n) is 7.34. The third kappa shape index (κ3) is 4.14. The molecule has 0 unspecified atom stereocenters. The molecule has 40 heavy (non-hydrogen) atoms. The number of rotatable bonds is 6. The summed E-state index contributed by atoms with van der Waals surface area (Å²) in [5, 5.41) is 3.60. The van der Waals surface area contributed by atoms with Crippen LogP contribution in [0.1, 0.15) is 11.1 Å². The fourth-order valence-corrected chi connectivity index (χ4v) is 5.49. The molecule has 0 atom stereocenters. The lowest BCUT2D eigenvalue weighted by molar-refractivity contribution is 1.18. The van der Waals surface area contributed by atoms with E-state index in [0.717, 1.165) is 33.7 Å². The molecular formula is C37H27N3. The summed E-state index contributed by atoms with van der Waals surface area (Å²) in [6.07, 6.45) is 6.09. The molecule has 5 aromatic carbocycles. The molecule has 0 N–H and O–H groups in total. The zero-order valence-electron chi connectivity index (χ0n) is 22.0. The SMILES string of the molecule is C=C(C=C(N=Cc1ccccc1)c1ccccc1)n1ccc2ccc3c(c4ccccc4n3-c3ccccc3)c21. The molecule has 7 aromatic rings. The number of hydrogen-bond donors (Lipinski definition) is 0. The summed E-state index contributed by atoms with van der Waals surface area (Å²) in [6.45, 7) is 4.53. The van der Waals surface area contributed by atoms with Crippen molar-refractivity contribution >= 4 is 50.3 Å². The van der Waals surface area contributed by atoms with Crippen molar-refractivity contribution in [2.24, 2.45) is 4.99 Å². The molecule has 7 rings (SSSR count). The number of para-hydroxylation sites is 2. The van der Waals surface area contributed by atoms with Gasteiger partial charge in [0.1, 0.15) is 0 Å². The van der Waals surface area contributed by atoms with Crippen LogP contribution in [0, 0.1) is 0 Å². The van der Waals surface area contributed by atoms with E-state index in [4.69, 9.17) is 4.99 Å². The van der Waals surface area contributed by atoms with E-state index in [2.05, 4.69) is 125 Å². The van der Waals surface area contributed by atoms with E-state index in [0.29, 0.717) is 0 Å². The Morgan fingerprint density at radius 3 is 2.10 bits per heavy atom. The van der Waals surface area contributed by atoms with Crippen molar-refractivity contribution in [3.05, 3.63) is 163 Å². The minimum Gasteiger partial charge on any atom is -0.316 e. The van der Waals surface area contributed by atoms with E-state index >= 15 is 0 Å². The van der Waals surface area contributed by atoms with Gasteiger partial charge in [-0.2, -0.15) is 0 Å². The molecule has 0 radical (unpaired) electrons. The molecule has 2 heterocycles. The molecule has 0 aliphatic heterocycles. The minimum absolute atomic E-state index is 0.850. The van der Waals surface area contributed by atoms with Crippen molar-refractivity contribution in [2.45, 2.75) is 0 Å². The number of aliphatic imine (C=N–C) groups is 1. The number of aromatic nitrogens is 2. The van der Waals surface area contributed by atoms with Crippen LogP contribution in [-0.4, -0.2) is 15.3 Å². The molecule has 0 saturated heterocycles. The van der Waals surface area contributed by atoms with Crippen molar-refractivity contribution in [1.82, 2.24) is 9.13 Å². The molecule has 0 saturated carbocycles. The van der Waals surface area contributed by atoms with E-state index in [1.807, 2.05) is 42.6 Å². The summed E-state index contributed by atoms with van der Waals surface area (Å²) in [4.78, 5) is 4.91. The van der Waals surface area contributed by atoms with E-state index < -0.39 is 0 Å². The Labute approximate surface area is 233 Å². The van der Waals surface area contributed by atoms with Crippen molar-refractivity contribution in [3.8, 4) is 5.69 Å². The van der Waals surface area contributed by atoms with Crippen molar-refractivity contribution in [1.29, 1.82) is 0 Å². The quantitative estimate of drug-likeness (QED) is 0.156. The first-order valence-electron chi connectivity index (χ1n) is 13.4. The maximum Gasteiger partial charge on any atom is 0.0722 e. The van der Waals surface area contributed by atoms with E-state index in [-0.39, 0.29) is 0 Å². The van der Waals surface area contributed by atoms with E-state index in [1.54, 1.807) is 0 Å². The van der Waals surface area contributed by atoms with Gasteiger partial charge < -0.3 is 9.13 Å². The molecule has 190 valence electrons. The molecule has 0 fully saturated rings. The van der Waals surface area contributed by atoms with Gasteiger partial charge in [0.15, 0.2) is 0 Å². The van der Waals surface area contributed by atoms with Gasteiger partial charge in [0.05, 0.1) is 22.2 Å². The zero-order chi connectivity index (χ0) is 26.9. The Morgan fingerprint density at radius 1 is 0.650 bits per heavy atom. The molecule has 3 heteroatoms. The maximum absolute atomic E-state index is 4.91. The molecule has 0 bridgehead atoms.